The van der Waals surface area contributed by atoms with Crippen LogP contribution in [0, 0.1) is 0 Å². The first-order valence-corrected chi connectivity index (χ1v) is 14.2. The van der Waals surface area contributed by atoms with Gasteiger partial charge in [-0.3, -0.25) is 9.69 Å². The van der Waals surface area contributed by atoms with Crippen LogP contribution in [0.4, 0.5) is 11.4 Å². The molecule has 4 nitrogen and oxygen atoms in total. The van der Waals surface area contributed by atoms with E-state index in [1.165, 1.54) is 42.2 Å². The van der Waals surface area contributed by atoms with E-state index in [9.17, 15) is 4.79 Å². The topological polar surface area (TPSA) is 41.9 Å². The zero-order valence-electron chi connectivity index (χ0n) is 22.1. The maximum atomic E-state index is 13.7. The number of nitrogens with zero attached hydrogens (tertiary/aromatic N) is 2. The smallest absolute Gasteiger partial charge is 0.271 e. The average Bonchev–Trinajstić information content (AvgIpc) is 3.23. The summed E-state index contributed by atoms with van der Waals surface area (Å²) in [6.07, 6.45) is 8.48. The molecule has 4 rings (SSSR count). The van der Waals surface area contributed by atoms with Gasteiger partial charge in [-0.15, -0.1) is 0 Å². The van der Waals surface area contributed by atoms with Crippen molar-refractivity contribution in [1.29, 1.82) is 0 Å². The predicted molar refractivity (Wildman–Crippen MR) is 158 cm³/mol. The molecule has 0 aliphatic carbocycles. The van der Waals surface area contributed by atoms with Crippen LogP contribution in [0.5, 0.6) is 5.75 Å². The fourth-order valence-corrected chi connectivity index (χ4v) is 5.15. The van der Waals surface area contributed by atoms with Crippen LogP contribution < -0.4 is 9.64 Å². The average molecular weight is 513 g/mol. The normalized spacial score (nSPS) is 15.6. The first kappa shape index (κ1) is 26.7. The van der Waals surface area contributed by atoms with Crippen LogP contribution in [-0.2, 0) is 17.6 Å². The van der Waals surface area contributed by atoms with Gasteiger partial charge in [-0.05, 0) is 78.6 Å². The molecule has 0 bridgehead atoms. The lowest BCUT2D eigenvalue weighted by molar-refractivity contribution is -0.113. The molecule has 0 saturated carbocycles. The highest BCUT2D eigenvalue weighted by Crippen LogP contribution is 2.38. The lowest BCUT2D eigenvalue weighted by Crippen LogP contribution is -2.28. The molecule has 0 unspecified atom stereocenters. The summed E-state index contributed by atoms with van der Waals surface area (Å²) in [7, 11) is 0. The number of hydrogen-bond donors (Lipinski definition) is 0. The second kappa shape index (κ2) is 13.3. The van der Waals surface area contributed by atoms with E-state index in [0.717, 1.165) is 42.0 Å². The minimum atomic E-state index is -0.0732. The van der Waals surface area contributed by atoms with Crippen molar-refractivity contribution in [2.75, 3.05) is 11.5 Å². The first-order chi connectivity index (χ1) is 18.1. The summed E-state index contributed by atoms with van der Waals surface area (Å²) in [5.74, 6) is 0.732. The highest BCUT2D eigenvalue weighted by molar-refractivity contribution is 8.19. The number of aliphatic imine (C=N–C) groups is 1. The van der Waals surface area contributed by atoms with E-state index < -0.39 is 0 Å². The van der Waals surface area contributed by atoms with Crippen LogP contribution in [0.2, 0.25) is 0 Å². The van der Waals surface area contributed by atoms with E-state index in [2.05, 4.69) is 45.0 Å². The molecular formula is C32H36N2O2S. The highest BCUT2D eigenvalue weighted by Gasteiger charge is 2.35. The maximum Gasteiger partial charge on any atom is 0.271 e. The van der Waals surface area contributed by atoms with Gasteiger partial charge in [0.15, 0.2) is 5.17 Å². The number of benzene rings is 3. The second-order valence-corrected chi connectivity index (χ2v) is 10.1. The van der Waals surface area contributed by atoms with Gasteiger partial charge in [0.1, 0.15) is 5.75 Å². The molecule has 192 valence electrons. The monoisotopic (exact) mass is 512 g/mol. The minimum Gasteiger partial charge on any atom is -0.493 e. The van der Waals surface area contributed by atoms with E-state index in [1.807, 2.05) is 54.6 Å². The fourth-order valence-electron chi connectivity index (χ4n) is 4.16. The van der Waals surface area contributed by atoms with E-state index in [-0.39, 0.29) is 5.91 Å². The molecule has 0 atom stereocenters. The second-order valence-electron chi connectivity index (χ2n) is 9.13. The summed E-state index contributed by atoms with van der Waals surface area (Å²) in [4.78, 5) is 21.0. The van der Waals surface area contributed by atoms with Crippen LogP contribution in [0.25, 0.3) is 6.08 Å². The number of amides is 1. The van der Waals surface area contributed by atoms with E-state index >= 15 is 0 Å². The molecular weight excluding hydrogens is 476 g/mol. The molecule has 1 amide bonds. The van der Waals surface area contributed by atoms with Crippen molar-refractivity contribution in [3.05, 3.63) is 94.4 Å². The third-order valence-corrected chi connectivity index (χ3v) is 7.41. The molecule has 1 heterocycles. The van der Waals surface area contributed by atoms with Gasteiger partial charge in [0.25, 0.3) is 5.91 Å². The third-order valence-electron chi connectivity index (χ3n) is 6.44. The Morgan fingerprint density at radius 3 is 2.19 bits per heavy atom. The number of amidine groups is 1. The number of aryl methyl sites for hydroxylation is 2. The van der Waals surface area contributed by atoms with Crippen molar-refractivity contribution < 1.29 is 9.53 Å². The Hall–Kier alpha value is -3.31. The van der Waals surface area contributed by atoms with Crippen molar-refractivity contribution in [1.82, 2.24) is 0 Å². The first-order valence-electron chi connectivity index (χ1n) is 13.3. The third kappa shape index (κ3) is 6.92. The number of anilines is 1. The Balaban J connectivity index is 1.65. The molecule has 1 aliphatic rings. The Bertz CT molecular complexity index is 1250. The quantitative estimate of drug-likeness (QED) is 0.191. The van der Waals surface area contributed by atoms with Gasteiger partial charge in [0.2, 0.25) is 0 Å². The standard InChI is InChI=1S/C32H36N2O2S/c1-4-7-8-11-22-36-29-13-10-9-12-26(29)23-30-31(35)34(28-20-16-25(6-3)17-21-28)32(37-30)33-27-18-14-24(5-2)15-19-27/h9-10,12-21,23H,4-8,11,22H2,1-3H3/b30-23-,33-32?. The number of hydrogen-bond acceptors (Lipinski definition) is 4. The van der Waals surface area contributed by atoms with Crippen LogP contribution in [0.15, 0.2) is 82.7 Å². The summed E-state index contributed by atoms with van der Waals surface area (Å²) in [5.41, 5.74) is 5.06. The number of thioether (sulfide) groups is 1. The van der Waals surface area contributed by atoms with Crippen LogP contribution in [-0.4, -0.2) is 17.7 Å². The number of ether oxygens (including phenoxy) is 1. The molecule has 0 aromatic heterocycles. The van der Waals surface area contributed by atoms with E-state index in [1.54, 1.807) is 4.90 Å². The molecule has 1 fully saturated rings. The van der Waals surface area contributed by atoms with Crippen LogP contribution in [0.3, 0.4) is 0 Å². The predicted octanol–water partition coefficient (Wildman–Crippen LogP) is 8.58. The summed E-state index contributed by atoms with van der Waals surface area (Å²) in [6.45, 7) is 7.15. The lowest BCUT2D eigenvalue weighted by atomic mass is 10.1. The minimum absolute atomic E-state index is 0.0732. The SMILES string of the molecule is CCCCCCOc1ccccc1/C=C1\SC(=Nc2ccc(CC)cc2)N(c2ccc(CC)cc2)C1=O. The lowest BCUT2D eigenvalue weighted by Gasteiger charge is -2.16. The van der Waals surface area contributed by atoms with Crippen LogP contribution in [0.1, 0.15) is 63.1 Å². The summed E-state index contributed by atoms with van der Waals surface area (Å²) >= 11 is 1.41. The summed E-state index contributed by atoms with van der Waals surface area (Å²) in [5, 5.41) is 0.655. The van der Waals surface area contributed by atoms with Gasteiger partial charge < -0.3 is 4.74 Å². The van der Waals surface area contributed by atoms with Gasteiger partial charge in [-0.1, -0.05) is 82.5 Å². The molecule has 37 heavy (non-hydrogen) atoms. The van der Waals surface area contributed by atoms with Gasteiger partial charge in [-0.2, -0.15) is 0 Å². The zero-order chi connectivity index (χ0) is 26.0. The van der Waals surface area contributed by atoms with Gasteiger partial charge in [0, 0.05) is 5.56 Å². The highest BCUT2D eigenvalue weighted by atomic mass is 32.2. The van der Waals surface area contributed by atoms with Crippen molar-refractivity contribution in [2.45, 2.75) is 59.3 Å². The molecule has 1 aliphatic heterocycles. The Kier molecular flexibility index (Phi) is 9.61. The Labute approximate surface area is 225 Å². The number of carbonyl (C=O) groups excluding carboxylic acids is 1. The number of carbonyl (C=O) groups is 1. The van der Waals surface area contributed by atoms with Crippen molar-refractivity contribution in [2.24, 2.45) is 4.99 Å². The Morgan fingerprint density at radius 1 is 0.838 bits per heavy atom. The van der Waals surface area contributed by atoms with Crippen molar-refractivity contribution >= 4 is 40.3 Å². The Morgan fingerprint density at radius 2 is 1.51 bits per heavy atom. The number of rotatable bonds is 11. The largest absolute Gasteiger partial charge is 0.493 e. The summed E-state index contributed by atoms with van der Waals surface area (Å²) in [6, 6.07) is 24.3. The molecule has 3 aromatic rings. The van der Waals surface area contributed by atoms with E-state index in [0.29, 0.717) is 16.7 Å². The van der Waals surface area contributed by atoms with Gasteiger partial charge in [-0.25, -0.2) is 4.99 Å². The van der Waals surface area contributed by atoms with Gasteiger partial charge >= 0.3 is 0 Å². The van der Waals surface area contributed by atoms with Crippen LogP contribution >= 0.6 is 11.8 Å². The summed E-state index contributed by atoms with van der Waals surface area (Å²) < 4.78 is 6.10. The molecule has 3 aromatic carbocycles. The fraction of sp³-hybridized carbons (Fsp3) is 0.312. The molecule has 5 heteroatoms. The van der Waals surface area contributed by atoms with E-state index in [4.69, 9.17) is 9.73 Å². The number of para-hydroxylation sites is 1. The molecule has 0 N–H and O–H groups in total. The molecule has 1 saturated heterocycles. The van der Waals surface area contributed by atoms with Crippen molar-refractivity contribution in [3.63, 3.8) is 0 Å². The molecule has 0 radical (unpaired) electrons. The zero-order valence-corrected chi connectivity index (χ0v) is 22.9. The van der Waals surface area contributed by atoms with Gasteiger partial charge in [0.05, 0.1) is 22.9 Å². The van der Waals surface area contributed by atoms with Crippen molar-refractivity contribution in [3.8, 4) is 5.75 Å². The number of unbranched alkanes of at least 4 members (excludes halogenated alkanes) is 3. The maximum absolute atomic E-state index is 13.7. The molecule has 0 spiro atoms.